The molecule has 19 heavy (non-hydrogen) atoms. The van der Waals surface area contributed by atoms with Crippen LogP contribution in [0.5, 0.6) is 0 Å². The first-order valence-corrected chi connectivity index (χ1v) is 7.04. The number of piperidine rings is 1. The number of amides is 1. The van der Waals surface area contributed by atoms with E-state index in [1.54, 1.807) is 0 Å². The second kappa shape index (κ2) is 7.48. The van der Waals surface area contributed by atoms with Crippen molar-refractivity contribution in [3.63, 3.8) is 0 Å². The predicted octanol–water partition coefficient (Wildman–Crippen LogP) is 1.03. The Morgan fingerprint density at radius 3 is 2.63 bits per heavy atom. The van der Waals surface area contributed by atoms with Gasteiger partial charge in [-0.15, -0.1) is 0 Å². The van der Waals surface area contributed by atoms with Gasteiger partial charge in [0.15, 0.2) is 0 Å². The molecular weight excluding hydrogens is 244 g/mol. The molecule has 1 saturated heterocycles. The van der Waals surface area contributed by atoms with Gasteiger partial charge in [-0.05, 0) is 24.7 Å². The topological polar surface area (TPSA) is 58.6 Å². The maximum atomic E-state index is 12.1. The smallest absolute Gasteiger partial charge is 0.323 e. The van der Waals surface area contributed by atoms with Crippen molar-refractivity contribution in [2.75, 3.05) is 26.7 Å². The van der Waals surface area contributed by atoms with Crippen LogP contribution in [0.25, 0.3) is 0 Å². The first-order chi connectivity index (χ1) is 8.95. The zero-order valence-corrected chi connectivity index (χ0v) is 12.4. The molecule has 2 atom stereocenters. The highest BCUT2D eigenvalue weighted by molar-refractivity contribution is 5.80. The Labute approximate surface area is 115 Å². The van der Waals surface area contributed by atoms with E-state index in [2.05, 4.69) is 12.2 Å². The molecule has 0 aromatic rings. The van der Waals surface area contributed by atoms with Crippen molar-refractivity contribution >= 4 is 11.9 Å². The number of rotatable bonds is 5. The molecule has 0 aromatic carbocycles. The quantitative estimate of drug-likeness (QED) is 0.758. The van der Waals surface area contributed by atoms with Gasteiger partial charge >= 0.3 is 5.97 Å². The molecule has 1 rings (SSSR count). The van der Waals surface area contributed by atoms with Crippen molar-refractivity contribution in [1.29, 1.82) is 0 Å². The monoisotopic (exact) mass is 270 g/mol. The Balaban J connectivity index is 2.45. The Hall–Kier alpha value is -1.10. The van der Waals surface area contributed by atoms with Crippen LogP contribution in [-0.4, -0.2) is 49.6 Å². The number of carbonyl (C=O) groups is 2. The Kier molecular flexibility index (Phi) is 6.28. The lowest BCUT2D eigenvalue weighted by atomic mass is 10.0. The average Bonchev–Trinajstić information content (AvgIpc) is 2.37. The van der Waals surface area contributed by atoms with Crippen LogP contribution in [0.15, 0.2) is 0 Å². The van der Waals surface area contributed by atoms with Gasteiger partial charge in [0.1, 0.15) is 6.04 Å². The lowest BCUT2D eigenvalue weighted by Crippen LogP contribution is -2.49. The predicted molar refractivity (Wildman–Crippen MR) is 73.6 cm³/mol. The van der Waals surface area contributed by atoms with Crippen molar-refractivity contribution in [1.82, 2.24) is 10.2 Å². The number of nitrogens with one attached hydrogen (secondary N) is 1. The van der Waals surface area contributed by atoms with Crippen molar-refractivity contribution in [3.8, 4) is 0 Å². The third kappa shape index (κ3) is 4.82. The van der Waals surface area contributed by atoms with Crippen LogP contribution in [0.3, 0.4) is 0 Å². The van der Waals surface area contributed by atoms with Gasteiger partial charge in [-0.1, -0.05) is 20.8 Å². The van der Waals surface area contributed by atoms with E-state index in [1.165, 1.54) is 13.5 Å². The number of hydrogen-bond donors (Lipinski definition) is 1. The summed E-state index contributed by atoms with van der Waals surface area (Å²) in [5.74, 6) is 0.427. The van der Waals surface area contributed by atoms with Crippen molar-refractivity contribution in [2.45, 2.75) is 39.7 Å². The minimum Gasteiger partial charge on any atom is -0.468 e. The zero-order valence-electron chi connectivity index (χ0n) is 12.4. The maximum Gasteiger partial charge on any atom is 0.323 e. The van der Waals surface area contributed by atoms with Gasteiger partial charge in [0.2, 0.25) is 5.91 Å². The molecule has 1 fully saturated rings. The zero-order chi connectivity index (χ0) is 14.4. The third-order valence-electron chi connectivity index (χ3n) is 3.60. The van der Waals surface area contributed by atoms with Gasteiger partial charge in [0.25, 0.3) is 0 Å². The van der Waals surface area contributed by atoms with Gasteiger partial charge in [0, 0.05) is 13.1 Å². The largest absolute Gasteiger partial charge is 0.468 e. The molecule has 110 valence electrons. The summed E-state index contributed by atoms with van der Waals surface area (Å²) < 4.78 is 4.74. The number of methoxy groups -OCH3 is 1. The normalized spacial score (nSPS) is 21.3. The first kappa shape index (κ1) is 16.0. The van der Waals surface area contributed by atoms with Crippen LogP contribution in [0.1, 0.15) is 33.6 Å². The van der Waals surface area contributed by atoms with E-state index in [0.717, 1.165) is 19.5 Å². The average molecular weight is 270 g/mol. The van der Waals surface area contributed by atoms with Crippen molar-refractivity contribution in [2.24, 2.45) is 11.8 Å². The molecular formula is C14H26N2O3. The van der Waals surface area contributed by atoms with Crippen LogP contribution in [0.4, 0.5) is 0 Å². The van der Waals surface area contributed by atoms with Crippen LogP contribution in [0.2, 0.25) is 0 Å². The fourth-order valence-electron chi connectivity index (χ4n) is 2.44. The molecule has 2 unspecified atom stereocenters. The molecule has 1 N–H and O–H groups in total. The highest BCUT2D eigenvalue weighted by Gasteiger charge is 2.25. The molecule has 0 spiro atoms. The number of hydrogen-bond acceptors (Lipinski definition) is 4. The highest BCUT2D eigenvalue weighted by Crippen LogP contribution is 2.15. The van der Waals surface area contributed by atoms with Crippen molar-refractivity contribution < 1.29 is 14.3 Å². The summed E-state index contributed by atoms with van der Waals surface area (Å²) >= 11 is 0. The lowest BCUT2D eigenvalue weighted by Gasteiger charge is -2.31. The van der Waals surface area contributed by atoms with E-state index in [9.17, 15) is 9.59 Å². The van der Waals surface area contributed by atoms with Gasteiger partial charge in [-0.25, -0.2) is 0 Å². The standard InChI is InChI=1S/C14H26N2O3/c1-10(2)13(14(18)19-4)15-8-12(17)16-7-5-6-11(3)9-16/h10-11,13,15H,5-9H2,1-4H3. The van der Waals surface area contributed by atoms with E-state index < -0.39 is 6.04 Å². The van der Waals surface area contributed by atoms with E-state index in [1.807, 2.05) is 18.7 Å². The maximum absolute atomic E-state index is 12.1. The van der Waals surface area contributed by atoms with E-state index >= 15 is 0 Å². The number of likely N-dealkylation sites (tertiary alicyclic amines) is 1. The third-order valence-corrected chi connectivity index (χ3v) is 3.60. The van der Waals surface area contributed by atoms with E-state index in [4.69, 9.17) is 4.74 Å². The number of nitrogens with zero attached hydrogens (tertiary/aromatic N) is 1. The minimum atomic E-state index is -0.420. The molecule has 0 aromatic heterocycles. The van der Waals surface area contributed by atoms with Crippen LogP contribution >= 0.6 is 0 Å². The van der Waals surface area contributed by atoms with Crippen LogP contribution in [0, 0.1) is 11.8 Å². The molecule has 1 amide bonds. The van der Waals surface area contributed by atoms with Crippen molar-refractivity contribution in [3.05, 3.63) is 0 Å². The first-order valence-electron chi connectivity index (χ1n) is 7.04. The summed E-state index contributed by atoms with van der Waals surface area (Å²) in [6.07, 6.45) is 2.26. The summed E-state index contributed by atoms with van der Waals surface area (Å²) in [6, 6.07) is -0.420. The lowest BCUT2D eigenvalue weighted by molar-refractivity contribution is -0.144. The summed E-state index contributed by atoms with van der Waals surface area (Å²) in [7, 11) is 1.37. The van der Waals surface area contributed by atoms with Gasteiger partial charge in [-0.2, -0.15) is 0 Å². The fraction of sp³-hybridized carbons (Fsp3) is 0.857. The van der Waals surface area contributed by atoms with Crippen LogP contribution < -0.4 is 5.32 Å². The summed E-state index contributed by atoms with van der Waals surface area (Å²) in [6.45, 7) is 7.88. The van der Waals surface area contributed by atoms with E-state index in [-0.39, 0.29) is 24.3 Å². The molecule has 5 heteroatoms. The van der Waals surface area contributed by atoms with Gasteiger partial charge in [-0.3, -0.25) is 14.9 Å². The van der Waals surface area contributed by atoms with Gasteiger partial charge in [0.05, 0.1) is 13.7 Å². The second-order valence-corrected chi connectivity index (χ2v) is 5.71. The Morgan fingerprint density at radius 2 is 2.11 bits per heavy atom. The molecule has 0 radical (unpaired) electrons. The molecule has 0 saturated carbocycles. The molecule has 5 nitrogen and oxygen atoms in total. The SMILES string of the molecule is COC(=O)C(NCC(=O)N1CCCC(C)C1)C(C)C. The molecule has 1 aliphatic heterocycles. The Morgan fingerprint density at radius 1 is 1.42 bits per heavy atom. The van der Waals surface area contributed by atoms with Crippen LogP contribution in [-0.2, 0) is 14.3 Å². The van der Waals surface area contributed by atoms with E-state index in [0.29, 0.717) is 5.92 Å². The molecule has 0 bridgehead atoms. The Bertz CT molecular complexity index is 318. The fourth-order valence-corrected chi connectivity index (χ4v) is 2.44. The number of ether oxygens (including phenoxy) is 1. The molecule has 1 heterocycles. The number of esters is 1. The highest BCUT2D eigenvalue weighted by atomic mass is 16.5. The second-order valence-electron chi connectivity index (χ2n) is 5.71. The number of carbonyl (C=O) groups excluding carboxylic acids is 2. The molecule has 1 aliphatic rings. The minimum absolute atomic E-state index is 0.0705. The summed E-state index contributed by atoms with van der Waals surface area (Å²) in [5.41, 5.74) is 0. The summed E-state index contributed by atoms with van der Waals surface area (Å²) in [5, 5.41) is 3.02. The van der Waals surface area contributed by atoms with Gasteiger partial charge < -0.3 is 9.64 Å². The summed E-state index contributed by atoms with van der Waals surface area (Å²) in [4.78, 5) is 25.6. The molecule has 0 aliphatic carbocycles.